The normalized spacial score (nSPS) is 14.2. The molecule has 5 rings (SSSR count). The number of nitrogens with zero attached hydrogens (tertiary/aromatic N) is 2. The first-order valence-corrected chi connectivity index (χ1v) is 11.3. The molecule has 10 heteroatoms. The molecule has 2 aliphatic heterocycles. The highest BCUT2D eigenvalue weighted by Gasteiger charge is 2.19. The van der Waals surface area contributed by atoms with Crippen LogP contribution in [0.1, 0.15) is 0 Å². The lowest BCUT2D eigenvalue weighted by molar-refractivity contribution is -0.139. The highest BCUT2D eigenvalue weighted by molar-refractivity contribution is 6.36. The number of anilines is 2. The molecular formula is C25H23ClN4O5. The number of fused-ring (bicyclic) bond motifs is 2. The minimum atomic E-state index is -1.21. The summed E-state index contributed by atoms with van der Waals surface area (Å²) < 4.78 is 13.1. The van der Waals surface area contributed by atoms with Gasteiger partial charge in [-0.05, 0) is 42.0 Å². The van der Waals surface area contributed by atoms with Crippen LogP contribution in [0.5, 0.6) is 11.5 Å². The summed E-state index contributed by atoms with van der Waals surface area (Å²) in [6.45, 7) is 0.470. The van der Waals surface area contributed by atoms with Gasteiger partial charge in [-0.3, -0.25) is 14.8 Å². The summed E-state index contributed by atoms with van der Waals surface area (Å²) >= 11 is 6.81. The van der Waals surface area contributed by atoms with Gasteiger partial charge in [0.05, 0.1) is 28.4 Å². The molecule has 0 saturated heterocycles. The van der Waals surface area contributed by atoms with Crippen molar-refractivity contribution < 1.29 is 24.5 Å². The van der Waals surface area contributed by atoms with Gasteiger partial charge in [0, 0.05) is 18.2 Å². The van der Waals surface area contributed by atoms with Crippen molar-refractivity contribution in [2.75, 3.05) is 25.1 Å². The fourth-order valence-corrected chi connectivity index (χ4v) is 4.31. The van der Waals surface area contributed by atoms with E-state index in [1.807, 2.05) is 49.5 Å². The molecular weight excluding hydrogens is 472 g/mol. The first-order valence-electron chi connectivity index (χ1n) is 11.0. The zero-order valence-electron chi connectivity index (χ0n) is 18.8. The van der Waals surface area contributed by atoms with E-state index in [2.05, 4.69) is 15.4 Å². The average molecular weight is 495 g/mol. The highest BCUT2D eigenvalue weighted by Crippen LogP contribution is 2.40. The Morgan fingerprint density at radius 2 is 1.94 bits per heavy atom. The van der Waals surface area contributed by atoms with E-state index in [1.165, 1.54) is 0 Å². The van der Waals surface area contributed by atoms with Gasteiger partial charge in [0.1, 0.15) is 19.0 Å². The maximum atomic E-state index is 11.2. The van der Waals surface area contributed by atoms with Gasteiger partial charge in [-0.2, -0.15) is 0 Å². The first-order chi connectivity index (χ1) is 16.9. The zero-order valence-corrected chi connectivity index (χ0v) is 19.5. The van der Waals surface area contributed by atoms with Gasteiger partial charge in [0.25, 0.3) is 0 Å². The fraction of sp³-hybridized carbons (Fsp3) is 0.200. The minimum absolute atomic E-state index is 0.457. The number of rotatable bonds is 6. The number of hydrogen-bond acceptors (Lipinski definition) is 6. The third-order valence-corrected chi connectivity index (χ3v) is 6.17. The summed E-state index contributed by atoms with van der Waals surface area (Å²) in [6.07, 6.45) is 0. The Balaban J connectivity index is 1.48. The Kier molecular flexibility index (Phi) is 6.10. The Morgan fingerprint density at radius 3 is 2.71 bits per heavy atom. The third-order valence-electron chi connectivity index (χ3n) is 5.77. The number of aromatic nitrogens is 2. The minimum Gasteiger partial charge on any atom is -0.486 e. The van der Waals surface area contributed by atoms with Crippen LogP contribution in [0, 0.1) is 0 Å². The van der Waals surface area contributed by atoms with Gasteiger partial charge in [-0.1, -0.05) is 29.8 Å². The molecule has 0 aromatic heterocycles. The van der Waals surface area contributed by atoms with Crippen molar-refractivity contribution in [3.05, 3.63) is 65.0 Å². The third kappa shape index (κ3) is 4.43. The number of carboxylic acids is 1. The van der Waals surface area contributed by atoms with Crippen molar-refractivity contribution in [1.82, 2.24) is 9.78 Å². The smallest absolute Gasteiger partial charge is 0.330 e. The summed E-state index contributed by atoms with van der Waals surface area (Å²) in [5, 5.41) is 26.0. The zero-order chi connectivity index (χ0) is 24.5. The summed E-state index contributed by atoms with van der Waals surface area (Å²) in [5.41, 5.74) is 4.13. The Morgan fingerprint density at radius 1 is 1.14 bits per heavy atom. The molecule has 1 atom stereocenters. The number of nitrogens with one attached hydrogen (secondary N) is 2. The van der Waals surface area contributed by atoms with Gasteiger partial charge >= 0.3 is 5.97 Å². The predicted octanol–water partition coefficient (Wildman–Crippen LogP) is 3.64. The number of halogens is 1. The van der Waals surface area contributed by atoms with Crippen molar-refractivity contribution in [1.29, 1.82) is 0 Å². The number of benzene rings is 3. The SMILES string of the molecule is Cn1[nH]c(Nc2cccc(-c3ccc4c(c3)OCCO4)c2Cl)c2ccc(=N[C@H](CO)C(=O)O)cc1-2. The number of ether oxygens (including phenoxy) is 2. The topological polar surface area (TPSA) is 121 Å². The van der Waals surface area contributed by atoms with Crippen molar-refractivity contribution in [3.8, 4) is 33.9 Å². The molecule has 0 unspecified atom stereocenters. The Hall–Kier alpha value is -3.95. The molecule has 35 heavy (non-hydrogen) atoms. The number of H-pyrrole nitrogens is 1. The van der Waals surface area contributed by atoms with E-state index >= 15 is 0 Å². The van der Waals surface area contributed by atoms with Gasteiger partial charge < -0.3 is 25.0 Å². The second-order valence-corrected chi connectivity index (χ2v) is 8.44. The highest BCUT2D eigenvalue weighted by atomic mass is 35.5. The van der Waals surface area contributed by atoms with Crippen molar-refractivity contribution in [3.63, 3.8) is 0 Å². The molecule has 4 N–H and O–H groups in total. The van der Waals surface area contributed by atoms with Gasteiger partial charge in [0.2, 0.25) is 0 Å². The molecule has 0 radical (unpaired) electrons. The van der Waals surface area contributed by atoms with Crippen LogP contribution < -0.4 is 20.1 Å². The summed E-state index contributed by atoms with van der Waals surface area (Å²) in [5.74, 6) is 0.946. The maximum absolute atomic E-state index is 11.2. The molecule has 180 valence electrons. The number of carboxylic acid groups (broad SMARTS) is 1. The average Bonchev–Trinajstić information content (AvgIpc) is 3.17. The van der Waals surface area contributed by atoms with Crippen LogP contribution in [-0.4, -0.2) is 51.8 Å². The van der Waals surface area contributed by atoms with Crippen LogP contribution in [-0.2, 0) is 11.8 Å². The number of aryl methyl sites for hydroxylation is 1. The maximum Gasteiger partial charge on any atom is 0.330 e. The number of aliphatic hydroxyl groups is 1. The number of aliphatic carboxylic acids is 1. The standard InChI is InChI=1S/C25H23ClN4O5/c1-30-20-12-15(27-19(13-31)25(32)33)6-7-17(20)24(29-30)28-18-4-2-3-16(23(18)26)14-5-8-21-22(11-14)35-10-9-34-21/h2-8,11-12,19,28-29,31H,9-10,13H2,1H3,(H,32,33)/t19-/m1/s1. The van der Waals surface area contributed by atoms with E-state index in [4.69, 9.17) is 26.2 Å². The lowest BCUT2D eigenvalue weighted by atomic mass is 10.0. The molecule has 3 aliphatic rings. The summed E-state index contributed by atoms with van der Waals surface area (Å²) in [7, 11) is 1.84. The molecule has 1 aliphatic carbocycles. The fourth-order valence-electron chi connectivity index (χ4n) is 4.02. The Labute approximate surface area is 205 Å². The molecule has 0 amide bonds. The van der Waals surface area contributed by atoms with Crippen molar-refractivity contribution in [2.24, 2.45) is 12.0 Å². The van der Waals surface area contributed by atoms with Crippen LogP contribution in [0.15, 0.2) is 59.6 Å². The van der Waals surface area contributed by atoms with E-state index in [0.29, 0.717) is 40.8 Å². The number of aromatic amines is 1. The van der Waals surface area contributed by atoms with Crippen LogP contribution in [0.2, 0.25) is 5.02 Å². The van der Waals surface area contributed by atoms with E-state index in [9.17, 15) is 9.90 Å². The second kappa shape index (κ2) is 9.36. The van der Waals surface area contributed by atoms with Gasteiger partial charge in [-0.15, -0.1) is 0 Å². The summed E-state index contributed by atoms with van der Waals surface area (Å²) in [6, 6.07) is 15.6. The monoisotopic (exact) mass is 494 g/mol. The van der Waals surface area contributed by atoms with E-state index in [0.717, 1.165) is 28.1 Å². The molecule has 0 bridgehead atoms. The second-order valence-electron chi connectivity index (χ2n) is 8.06. The largest absolute Gasteiger partial charge is 0.486 e. The number of hydrogen-bond donors (Lipinski definition) is 4. The van der Waals surface area contributed by atoms with Crippen LogP contribution in [0.25, 0.3) is 22.4 Å². The van der Waals surface area contributed by atoms with E-state index < -0.39 is 18.6 Å². The van der Waals surface area contributed by atoms with Crippen molar-refractivity contribution >= 4 is 29.1 Å². The molecule has 2 aromatic rings. The molecule has 9 nitrogen and oxygen atoms in total. The quantitative estimate of drug-likeness (QED) is 0.325. The molecule has 0 fully saturated rings. The van der Waals surface area contributed by atoms with Crippen LogP contribution >= 0.6 is 11.6 Å². The van der Waals surface area contributed by atoms with Gasteiger partial charge in [0.15, 0.2) is 17.5 Å². The Bertz CT molecular complexity index is 1440. The molecule has 0 spiro atoms. The van der Waals surface area contributed by atoms with Crippen LogP contribution in [0.4, 0.5) is 11.5 Å². The van der Waals surface area contributed by atoms with Crippen molar-refractivity contribution in [2.45, 2.75) is 6.04 Å². The van der Waals surface area contributed by atoms with Crippen LogP contribution in [0.3, 0.4) is 0 Å². The molecule has 2 heterocycles. The summed E-state index contributed by atoms with van der Waals surface area (Å²) in [4.78, 5) is 15.3. The lowest BCUT2D eigenvalue weighted by Crippen LogP contribution is -2.25. The predicted molar refractivity (Wildman–Crippen MR) is 132 cm³/mol. The van der Waals surface area contributed by atoms with E-state index in [1.54, 1.807) is 16.8 Å². The lowest BCUT2D eigenvalue weighted by Gasteiger charge is -2.19. The number of carbonyl (C=O) groups is 1. The molecule has 2 aromatic carbocycles. The first kappa shape index (κ1) is 22.8. The number of aliphatic hydroxyl groups excluding tert-OH is 1. The van der Waals surface area contributed by atoms with Gasteiger partial charge in [-0.25, -0.2) is 4.79 Å². The molecule has 0 saturated carbocycles. The van der Waals surface area contributed by atoms with E-state index in [-0.39, 0.29) is 0 Å².